The SMILES string of the molecule is CC(=O)N1CCCC1C(=O)NCc1ccc(-c2ccc(F)cc2)o1. The van der Waals surface area contributed by atoms with Gasteiger partial charge in [-0.1, -0.05) is 0 Å². The molecule has 2 aromatic rings. The van der Waals surface area contributed by atoms with E-state index in [0.29, 0.717) is 24.5 Å². The van der Waals surface area contributed by atoms with E-state index in [9.17, 15) is 14.0 Å². The molecule has 1 aromatic carbocycles. The molecule has 1 N–H and O–H groups in total. The number of hydrogen-bond donors (Lipinski definition) is 1. The van der Waals surface area contributed by atoms with Crippen molar-refractivity contribution in [1.29, 1.82) is 0 Å². The van der Waals surface area contributed by atoms with Crippen molar-refractivity contribution in [3.63, 3.8) is 0 Å². The number of nitrogens with zero attached hydrogens (tertiary/aromatic N) is 1. The maximum atomic E-state index is 12.9. The first-order valence-corrected chi connectivity index (χ1v) is 7.94. The van der Waals surface area contributed by atoms with Gasteiger partial charge in [0.05, 0.1) is 6.54 Å². The third-order valence-electron chi connectivity index (χ3n) is 4.19. The van der Waals surface area contributed by atoms with Crippen molar-refractivity contribution in [1.82, 2.24) is 10.2 Å². The Kier molecular flexibility index (Phi) is 4.64. The number of benzene rings is 1. The normalized spacial score (nSPS) is 17.1. The Hall–Kier alpha value is -2.63. The molecule has 24 heavy (non-hydrogen) atoms. The fourth-order valence-electron chi connectivity index (χ4n) is 2.95. The van der Waals surface area contributed by atoms with Gasteiger partial charge >= 0.3 is 0 Å². The van der Waals surface area contributed by atoms with Gasteiger partial charge in [0.2, 0.25) is 11.8 Å². The van der Waals surface area contributed by atoms with Crippen LogP contribution in [0.5, 0.6) is 0 Å². The largest absolute Gasteiger partial charge is 0.459 e. The molecule has 6 heteroatoms. The number of hydrogen-bond acceptors (Lipinski definition) is 3. The van der Waals surface area contributed by atoms with Gasteiger partial charge in [-0.3, -0.25) is 9.59 Å². The van der Waals surface area contributed by atoms with Crippen LogP contribution in [-0.2, 0) is 16.1 Å². The third kappa shape index (κ3) is 3.48. The minimum Gasteiger partial charge on any atom is -0.459 e. The molecule has 2 heterocycles. The number of rotatable bonds is 4. The topological polar surface area (TPSA) is 62.6 Å². The first kappa shape index (κ1) is 16.2. The predicted octanol–water partition coefficient (Wildman–Crippen LogP) is 2.71. The van der Waals surface area contributed by atoms with Crippen molar-refractivity contribution in [2.75, 3.05) is 6.54 Å². The van der Waals surface area contributed by atoms with Gasteiger partial charge in [0.15, 0.2) is 0 Å². The fourth-order valence-corrected chi connectivity index (χ4v) is 2.95. The quantitative estimate of drug-likeness (QED) is 0.937. The highest BCUT2D eigenvalue weighted by Gasteiger charge is 2.32. The van der Waals surface area contributed by atoms with E-state index >= 15 is 0 Å². The van der Waals surface area contributed by atoms with Gasteiger partial charge in [-0.15, -0.1) is 0 Å². The molecule has 0 spiro atoms. The number of nitrogens with one attached hydrogen (secondary N) is 1. The molecule has 1 fully saturated rings. The first-order chi connectivity index (χ1) is 11.5. The van der Waals surface area contributed by atoms with E-state index in [1.54, 1.807) is 29.2 Å². The molecule has 126 valence electrons. The summed E-state index contributed by atoms with van der Waals surface area (Å²) in [5, 5.41) is 2.81. The van der Waals surface area contributed by atoms with E-state index in [2.05, 4.69) is 5.32 Å². The molecule has 1 aliphatic rings. The third-order valence-corrected chi connectivity index (χ3v) is 4.19. The number of carbonyl (C=O) groups excluding carboxylic acids is 2. The van der Waals surface area contributed by atoms with Gasteiger partial charge in [0, 0.05) is 19.0 Å². The lowest BCUT2D eigenvalue weighted by atomic mass is 10.2. The Morgan fingerprint density at radius 3 is 2.71 bits per heavy atom. The zero-order valence-corrected chi connectivity index (χ0v) is 13.4. The molecule has 2 amide bonds. The molecular formula is C18H19FN2O3. The van der Waals surface area contributed by atoms with Crippen LogP contribution in [0, 0.1) is 5.82 Å². The van der Waals surface area contributed by atoms with Gasteiger partial charge in [0.25, 0.3) is 0 Å². The molecule has 1 aliphatic heterocycles. The minimum atomic E-state index is -0.394. The van der Waals surface area contributed by atoms with Crippen LogP contribution in [0.15, 0.2) is 40.8 Å². The summed E-state index contributed by atoms with van der Waals surface area (Å²) in [5.41, 5.74) is 0.771. The van der Waals surface area contributed by atoms with Crippen molar-refractivity contribution in [3.05, 3.63) is 48.0 Å². The van der Waals surface area contributed by atoms with E-state index in [-0.39, 0.29) is 24.2 Å². The number of furan rings is 1. The Morgan fingerprint density at radius 2 is 2.00 bits per heavy atom. The van der Waals surface area contributed by atoms with Crippen LogP contribution in [0.3, 0.4) is 0 Å². The van der Waals surface area contributed by atoms with Crippen LogP contribution >= 0.6 is 0 Å². The smallest absolute Gasteiger partial charge is 0.243 e. The second kappa shape index (κ2) is 6.86. The second-order valence-electron chi connectivity index (χ2n) is 5.86. The molecule has 1 saturated heterocycles. The zero-order valence-electron chi connectivity index (χ0n) is 13.4. The van der Waals surface area contributed by atoms with E-state index in [4.69, 9.17) is 4.42 Å². The number of halogens is 1. The molecule has 3 rings (SSSR count). The highest BCUT2D eigenvalue weighted by atomic mass is 19.1. The molecule has 1 atom stereocenters. The monoisotopic (exact) mass is 330 g/mol. The summed E-state index contributed by atoms with van der Waals surface area (Å²) in [7, 11) is 0. The summed E-state index contributed by atoms with van der Waals surface area (Å²) in [4.78, 5) is 25.4. The Labute approximate surface area is 139 Å². The Balaban J connectivity index is 1.60. The van der Waals surface area contributed by atoms with E-state index in [0.717, 1.165) is 12.0 Å². The average molecular weight is 330 g/mol. The molecule has 0 bridgehead atoms. The zero-order chi connectivity index (χ0) is 17.1. The van der Waals surface area contributed by atoms with Crippen molar-refractivity contribution in [3.8, 4) is 11.3 Å². The minimum absolute atomic E-state index is 0.0794. The highest BCUT2D eigenvalue weighted by molar-refractivity contribution is 5.87. The first-order valence-electron chi connectivity index (χ1n) is 7.94. The van der Waals surface area contributed by atoms with E-state index in [1.807, 2.05) is 0 Å². The van der Waals surface area contributed by atoms with Crippen molar-refractivity contribution in [2.24, 2.45) is 0 Å². The van der Waals surface area contributed by atoms with Gasteiger partial charge in [-0.25, -0.2) is 4.39 Å². The molecular weight excluding hydrogens is 311 g/mol. The second-order valence-corrected chi connectivity index (χ2v) is 5.86. The van der Waals surface area contributed by atoms with Crippen LogP contribution in [0.25, 0.3) is 11.3 Å². The summed E-state index contributed by atoms with van der Waals surface area (Å²) in [5.74, 6) is 0.677. The van der Waals surface area contributed by atoms with Crippen LogP contribution in [0.4, 0.5) is 4.39 Å². The van der Waals surface area contributed by atoms with Gasteiger partial charge in [-0.05, 0) is 49.2 Å². The highest BCUT2D eigenvalue weighted by Crippen LogP contribution is 2.22. The molecule has 0 aliphatic carbocycles. The van der Waals surface area contributed by atoms with Gasteiger partial charge in [0.1, 0.15) is 23.4 Å². The lowest BCUT2D eigenvalue weighted by Gasteiger charge is -2.22. The fraction of sp³-hybridized carbons (Fsp3) is 0.333. The number of amides is 2. The summed E-state index contributed by atoms with van der Waals surface area (Å²) in [6, 6.07) is 9.18. The van der Waals surface area contributed by atoms with Crippen LogP contribution in [0.1, 0.15) is 25.5 Å². The van der Waals surface area contributed by atoms with Crippen LogP contribution in [0.2, 0.25) is 0 Å². The van der Waals surface area contributed by atoms with Crippen molar-refractivity contribution < 1.29 is 18.4 Å². The summed E-state index contributed by atoms with van der Waals surface area (Å²) in [6.07, 6.45) is 1.53. The van der Waals surface area contributed by atoms with Gasteiger partial charge in [-0.2, -0.15) is 0 Å². The predicted molar refractivity (Wildman–Crippen MR) is 86.4 cm³/mol. The van der Waals surface area contributed by atoms with Crippen LogP contribution in [-0.4, -0.2) is 29.3 Å². The summed E-state index contributed by atoms with van der Waals surface area (Å²) >= 11 is 0. The van der Waals surface area contributed by atoms with E-state index in [1.165, 1.54) is 19.1 Å². The number of carbonyl (C=O) groups is 2. The van der Waals surface area contributed by atoms with Crippen molar-refractivity contribution >= 4 is 11.8 Å². The molecule has 1 aromatic heterocycles. The Bertz CT molecular complexity index is 739. The van der Waals surface area contributed by atoms with Crippen molar-refractivity contribution in [2.45, 2.75) is 32.4 Å². The lowest BCUT2D eigenvalue weighted by molar-refractivity contribution is -0.136. The van der Waals surface area contributed by atoms with Crippen LogP contribution < -0.4 is 5.32 Å². The van der Waals surface area contributed by atoms with E-state index < -0.39 is 6.04 Å². The molecule has 0 radical (unpaired) electrons. The maximum absolute atomic E-state index is 12.9. The molecule has 0 saturated carbocycles. The standard InChI is InChI=1S/C18H19FN2O3/c1-12(22)21-10-2-3-16(21)18(23)20-11-15-8-9-17(24-15)13-4-6-14(19)7-5-13/h4-9,16H,2-3,10-11H2,1H3,(H,20,23). The average Bonchev–Trinajstić information content (AvgIpc) is 3.22. The lowest BCUT2D eigenvalue weighted by Crippen LogP contribution is -2.44. The maximum Gasteiger partial charge on any atom is 0.243 e. The number of likely N-dealkylation sites (tertiary alicyclic amines) is 1. The van der Waals surface area contributed by atoms with Gasteiger partial charge < -0.3 is 14.6 Å². The summed E-state index contributed by atoms with van der Waals surface area (Å²) < 4.78 is 18.6. The Morgan fingerprint density at radius 1 is 1.25 bits per heavy atom. The summed E-state index contributed by atoms with van der Waals surface area (Å²) in [6.45, 7) is 2.36. The molecule has 1 unspecified atom stereocenters. The molecule has 5 nitrogen and oxygen atoms in total.